The number of pyridine rings is 1. The number of carbonyl (C=O) groups excluding carboxylic acids is 1. The molecule has 0 N–H and O–H groups in total. The van der Waals surface area contributed by atoms with Crippen molar-refractivity contribution in [3.8, 4) is 11.9 Å². The van der Waals surface area contributed by atoms with Crippen molar-refractivity contribution in [2.75, 3.05) is 32.8 Å². The van der Waals surface area contributed by atoms with Crippen molar-refractivity contribution in [3.05, 3.63) is 64.6 Å². The third-order valence-corrected chi connectivity index (χ3v) is 7.31. The van der Waals surface area contributed by atoms with Crippen molar-refractivity contribution >= 4 is 5.91 Å². The maximum Gasteiger partial charge on any atom is 0.230 e. The van der Waals surface area contributed by atoms with E-state index in [-0.39, 0.29) is 23.4 Å². The Bertz CT molecular complexity index is 1360. The van der Waals surface area contributed by atoms with E-state index in [1.165, 1.54) is 17.1 Å². The zero-order valence-corrected chi connectivity index (χ0v) is 19.2. The van der Waals surface area contributed by atoms with Crippen LogP contribution in [0, 0.1) is 23.0 Å². The minimum atomic E-state index is -0.880. The Kier molecular flexibility index (Phi) is 5.66. The second-order valence-corrected chi connectivity index (χ2v) is 9.24. The smallest absolute Gasteiger partial charge is 0.230 e. The fourth-order valence-corrected chi connectivity index (χ4v) is 5.42. The fourth-order valence-electron chi connectivity index (χ4n) is 5.42. The second kappa shape index (κ2) is 9.00. The van der Waals surface area contributed by atoms with Crippen molar-refractivity contribution < 1.29 is 18.3 Å². The molecular formula is C24H22F2N8O2. The Hall–Kier alpha value is -3.82. The number of nitrogens with zero attached hydrogens (tertiary/aromatic N) is 8. The van der Waals surface area contributed by atoms with E-state index in [0.29, 0.717) is 51.4 Å². The molecule has 0 saturated carbocycles. The van der Waals surface area contributed by atoms with Gasteiger partial charge < -0.3 is 9.64 Å². The number of fused-ring (bicyclic) bond motifs is 2. The Morgan fingerprint density at radius 1 is 1.14 bits per heavy atom. The minimum Gasteiger partial charge on any atom is -0.370 e. The van der Waals surface area contributed by atoms with Crippen molar-refractivity contribution in [3.63, 3.8) is 0 Å². The molecule has 1 amide bonds. The molecule has 1 unspecified atom stereocenters. The molecule has 2 aliphatic heterocycles. The van der Waals surface area contributed by atoms with Crippen molar-refractivity contribution in [2.45, 2.75) is 30.9 Å². The molecule has 10 nitrogen and oxygen atoms in total. The number of tetrazole rings is 1. The molecule has 2 saturated heterocycles. The van der Waals surface area contributed by atoms with Crippen molar-refractivity contribution in [1.29, 1.82) is 5.26 Å². The number of aromatic nitrogens is 5. The Morgan fingerprint density at radius 3 is 2.81 bits per heavy atom. The highest BCUT2D eigenvalue weighted by Gasteiger charge is 2.40. The largest absolute Gasteiger partial charge is 0.370 e. The zero-order chi connectivity index (χ0) is 24.8. The minimum absolute atomic E-state index is 0.0147. The summed E-state index contributed by atoms with van der Waals surface area (Å²) in [6, 6.07) is 7.77. The van der Waals surface area contributed by atoms with Gasteiger partial charge in [0.05, 0.1) is 24.7 Å². The lowest BCUT2D eigenvalue weighted by molar-refractivity contribution is -0.141. The molecule has 6 rings (SSSR count). The lowest BCUT2D eigenvalue weighted by Gasteiger charge is -2.46. The van der Waals surface area contributed by atoms with Crippen LogP contribution in [0.2, 0.25) is 0 Å². The molecule has 3 aliphatic rings. The van der Waals surface area contributed by atoms with E-state index in [1.807, 2.05) is 17.0 Å². The summed E-state index contributed by atoms with van der Waals surface area (Å²) in [6.07, 6.45) is 2.30. The van der Waals surface area contributed by atoms with Crippen molar-refractivity contribution in [1.82, 2.24) is 35.0 Å². The highest BCUT2D eigenvalue weighted by Crippen LogP contribution is 2.35. The first kappa shape index (κ1) is 22.6. The normalized spacial score (nSPS) is 23.7. The molecule has 0 bridgehead atoms. The number of piperazine rings is 1. The van der Waals surface area contributed by atoms with Crippen LogP contribution in [-0.2, 0) is 16.0 Å². The molecule has 4 heterocycles. The van der Waals surface area contributed by atoms with Gasteiger partial charge in [-0.3, -0.25) is 9.69 Å². The number of aryl methyl sites for hydroxylation is 1. The van der Waals surface area contributed by atoms with E-state index >= 15 is 0 Å². The topological polar surface area (TPSA) is 113 Å². The molecular weight excluding hydrogens is 470 g/mol. The number of nitriles is 1. The Labute approximate surface area is 205 Å². The van der Waals surface area contributed by atoms with Gasteiger partial charge in [-0.25, -0.2) is 13.8 Å². The van der Waals surface area contributed by atoms with Crippen LogP contribution >= 0.6 is 0 Å². The third-order valence-electron chi connectivity index (χ3n) is 7.31. The van der Waals surface area contributed by atoms with Crippen molar-refractivity contribution in [2.24, 2.45) is 0 Å². The van der Waals surface area contributed by atoms with Crippen LogP contribution in [0.25, 0.3) is 5.82 Å². The van der Waals surface area contributed by atoms with Crippen LogP contribution in [0.5, 0.6) is 0 Å². The standard InChI is InChI=1S/C24H22F2N8O2/c25-19-4-1-17(23(26)18(19)9-27)21-11-32-7-8-33(10-14(32)12-36-21)24(35)16-2-5-20-15(16)3-6-22(29-20)34-13-28-30-31-34/h1,3-4,6,13-14,16,21H,2,5,7-8,10-12H2/t14-,16?,21+/m0/s1. The van der Waals surface area contributed by atoms with E-state index in [1.54, 1.807) is 6.07 Å². The van der Waals surface area contributed by atoms with Crippen LogP contribution in [0.4, 0.5) is 8.78 Å². The summed E-state index contributed by atoms with van der Waals surface area (Å²) in [7, 11) is 0. The van der Waals surface area contributed by atoms with Gasteiger partial charge in [-0.2, -0.15) is 9.94 Å². The van der Waals surface area contributed by atoms with Crippen LogP contribution in [0.15, 0.2) is 30.6 Å². The molecule has 1 aromatic carbocycles. The number of amides is 1. The van der Waals surface area contributed by atoms with Gasteiger partial charge in [0.15, 0.2) is 5.82 Å². The molecule has 184 valence electrons. The first-order chi connectivity index (χ1) is 17.5. The quantitative estimate of drug-likeness (QED) is 0.541. The van der Waals surface area contributed by atoms with Crippen LogP contribution in [-0.4, -0.2) is 79.7 Å². The lowest BCUT2D eigenvalue weighted by atomic mass is 9.98. The number of hydrogen-bond donors (Lipinski definition) is 0. The van der Waals surface area contributed by atoms with Gasteiger partial charge in [0.25, 0.3) is 0 Å². The van der Waals surface area contributed by atoms with Gasteiger partial charge in [-0.15, -0.1) is 5.10 Å². The van der Waals surface area contributed by atoms with Gasteiger partial charge in [0.1, 0.15) is 29.6 Å². The highest BCUT2D eigenvalue weighted by molar-refractivity contribution is 5.85. The number of morpholine rings is 1. The molecule has 0 spiro atoms. The SMILES string of the molecule is N#Cc1c(F)ccc([C@H]2CN3CCN(C(=O)C4CCc5nc(-n6cnnn6)ccc54)C[C@H]3CO2)c1F. The first-order valence-electron chi connectivity index (χ1n) is 11.8. The molecule has 36 heavy (non-hydrogen) atoms. The summed E-state index contributed by atoms with van der Waals surface area (Å²) < 4.78 is 35.8. The number of ether oxygens (including phenoxy) is 1. The van der Waals surface area contributed by atoms with E-state index in [2.05, 4.69) is 25.4 Å². The summed E-state index contributed by atoms with van der Waals surface area (Å²) in [6.45, 7) is 2.42. The van der Waals surface area contributed by atoms with E-state index in [4.69, 9.17) is 10.00 Å². The molecule has 0 radical (unpaired) electrons. The number of benzene rings is 1. The van der Waals surface area contributed by atoms with Gasteiger partial charge in [0, 0.05) is 37.4 Å². The molecule has 3 aromatic rings. The molecule has 3 atom stereocenters. The monoisotopic (exact) mass is 492 g/mol. The van der Waals surface area contributed by atoms with Gasteiger partial charge in [-0.05, 0) is 41.0 Å². The van der Waals surface area contributed by atoms with Crippen LogP contribution in [0.3, 0.4) is 0 Å². The maximum absolute atomic E-state index is 14.7. The van der Waals surface area contributed by atoms with E-state index < -0.39 is 23.3 Å². The summed E-state index contributed by atoms with van der Waals surface area (Å²) in [5.74, 6) is -1.29. The zero-order valence-electron chi connectivity index (χ0n) is 19.2. The summed E-state index contributed by atoms with van der Waals surface area (Å²) in [4.78, 5) is 22.2. The fraction of sp³-hybridized carbons (Fsp3) is 0.417. The van der Waals surface area contributed by atoms with Crippen LogP contribution < -0.4 is 0 Å². The summed E-state index contributed by atoms with van der Waals surface area (Å²) >= 11 is 0. The summed E-state index contributed by atoms with van der Waals surface area (Å²) in [5.41, 5.74) is 1.42. The molecule has 12 heteroatoms. The van der Waals surface area contributed by atoms with E-state index in [9.17, 15) is 13.6 Å². The number of rotatable bonds is 3. The first-order valence-corrected chi connectivity index (χ1v) is 11.8. The van der Waals surface area contributed by atoms with E-state index in [0.717, 1.165) is 17.3 Å². The third kappa shape index (κ3) is 3.81. The molecule has 2 aromatic heterocycles. The molecule has 1 aliphatic carbocycles. The Balaban J connectivity index is 1.12. The Morgan fingerprint density at radius 2 is 2.00 bits per heavy atom. The molecule has 2 fully saturated rings. The highest BCUT2D eigenvalue weighted by atomic mass is 19.1. The van der Waals surface area contributed by atoms with Gasteiger partial charge in [-0.1, -0.05) is 12.1 Å². The number of carbonyl (C=O) groups is 1. The van der Waals surface area contributed by atoms with Gasteiger partial charge >= 0.3 is 0 Å². The predicted octanol–water partition coefficient (Wildman–Crippen LogP) is 1.52. The average molecular weight is 492 g/mol. The summed E-state index contributed by atoms with van der Waals surface area (Å²) in [5, 5.41) is 20.2. The number of hydrogen-bond acceptors (Lipinski definition) is 8. The number of halogens is 2. The average Bonchev–Trinajstić information content (AvgIpc) is 3.58. The maximum atomic E-state index is 14.7. The van der Waals surface area contributed by atoms with Gasteiger partial charge in [0.2, 0.25) is 5.91 Å². The lowest BCUT2D eigenvalue weighted by Crippen LogP contribution is -2.60. The van der Waals surface area contributed by atoms with Crippen LogP contribution in [0.1, 0.15) is 40.8 Å². The second-order valence-electron chi connectivity index (χ2n) is 9.24. The predicted molar refractivity (Wildman–Crippen MR) is 120 cm³/mol.